The molecule has 0 unspecified atom stereocenters. The Kier molecular flexibility index (Phi) is 3.75. The lowest BCUT2D eigenvalue weighted by Gasteiger charge is -2.20. The monoisotopic (exact) mass is 354 g/mol. The predicted octanol–water partition coefficient (Wildman–Crippen LogP) is 5.40. The summed E-state index contributed by atoms with van der Waals surface area (Å²) >= 11 is 0. The van der Waals surface area contributed by atoms with Gasteiger partial charge >= 0.3 is 0 Å². The Hall–Kier alpha value is -3.07. The molecule has 0 aliphatic carbocycles. The van der Waals surface area contributed by atoms with E-state index in [-0.39, 0.29) is 5.78 Å². The van der Waals surface area contributed by atoms with Crippen LogP contribution in [0.15, 0.2) is 60.7 Å². The van der Waals surface area contributed by atoms with Gasteiger partial charge in [0.1, 0.15) is 0 Å². The first-order valence-corrected chi connectivity index (χ1v) is 9.69. The molecule has 5 rings (SSSR count). The van der Waals surface area contributed by atoms with Gasteiger partial charge in [-0.3, -0.25) is 4.79 Å². The fourth-order valence-electron chi connectivity index (χ4n) is 4.41. The van der Waals surface area contributed by atoms with Crippen LogP contribution in [0.1, 0.15) is 34.8 Å². The molecule has 3 heteroatoms. The lowest BCUT2D eigenvalue weighted by Crippen LogP contribution is -2.16. The summed E-state index contributed by atoms with van der Waals surface area (Å²) in [6.45, 7) is 4.05. The Morgan fingerprint density at radius 3 is 2.74 bits per heavy atom. The molecule has 0 saturated carbocycles. The van der Waals surface area contributed by atoms with Gasteiger partial charge in [0.05, 0.1) is 0 Å². The molecule has 0 radical (unpaired) electrons. The summed E-state index contributed by atoms with van der Waals surface area (Å²) in [6.07, 6.45) is 2.03. The Labute approximate surface area is 158 Å². The number of ketones is 1. The Balaban J connectivity index is 1.68. The van der Waals surface area contributed by atoms with Crippen molar-refractivity contribution in [2.45, 2.75) is 26.3 Å². The molecule has 0 atom stereocenters. The van der Waals surface area contributed by atoms with E-state index < -0.39 is 0 Å². The lowest BCUT2D eigenvalue weighted by molar-refractivity contribution is 0.103. The summed E-state index contributed by atoms with van der Waals surface area (Å²) in [5, 5.41) is 5.78. The highest BCUT2D eigenvalue weighted by molar-refractivity contribution is 6.15. The number of fused-ring (bicyclic) bond motifs is 4. The summed E-state index contributed by atoms with van der Waals surface area (Å²) in [5.41, 5.74) is 6.27. The Morgan fingerprint density at radius 1 is 1.00 bits per heavy atom. The standard InChI is InChI=1S/C24H22N2O/c1-2-26-22-11-4-3-7-18(22)20-15-16(12-13-23(20)26)24(27)19-8-5-10-21-17(19)9-6-14-25-21/h3-5,7-8,10-13,15,25H,2,6,9,14H2,1H3. The van der Waals surface area contributed by atoms with Crippen LogP contribution in [0.4, 0.5) is 5.69 Å². The van der Waals surface area contributed by atoms with Crippen molar-refractivity contribution < 1.29 is 4.79 Å². The number of hydrogen-bond acceptors (Lipinski definition) is 2. The minimum atomic E-state index is 0.116. The molecule has 1 aromatic heterocycles. The highest BCUT2D eigenvalue weighted by Crippen LogP contribution is 2.32. The normalized spacial score (nSPS) is 13.5. The molecular formula is C24H22N2O. The van der Waals surface area contributed by atoms with E-state index in [9.17, 15) is 4.79 Å². The van der Waals surface area contributed by atoms with Crippen molar-refractivity contribution in [3.63, 3.8) is 0 Å². The van der Waals surface area contributed by atoms with E-state index in [0.717, 1.165) is 53.7 Å². The summed E-state index contributed by atoms with van der Waals surface area (Å²) < 4.78 is 2.31. The van der Waals surface area contributed by atoms with Crippen molar-refractivity contribution in [2.24, 2.45) is 0 Å². The maximum Gasteiger partial charge on any atom is 0.193 e. The SMILES string of the molecule is CCn1c2ccccc2c2cc(C(=O)c3cccc4c3CCCN4)ccc21. The first-order valence-electron chi connectivity index (χ1n) is 9.69. The molecule has 1 N–H and O–H groups in total. The van der Waals surface area contributed by atoms with Gasteiger partial charge in [-0.15, -0.1) is 0 Å². The molecule has 134 valence electrons. The minimum absolute atomic E-state index is 0.116. The average molecular weight is 354 g/mol. The van der Waals surface area contributed by atoms with Crippen molar-refractivity contribution in [1.29, 1.82) is 0 Å². The van der Waals surface area contributed by atoms with Gasteiger partial charge in [-0.2, -0.15) is 0 Å². The van der Waals surface area contributed by atoms with E-state index in [4.69, 9.17) is 0 Å². The summed E-state index contributed by atoms with van der Waals surface area (Å²) in [6, 6.07) is 20.6. The van der Waals surface area contributed by atoms with Crippen LogP contribution >= 0.6 is 0 Å². The van der Waals surface area contributed by atoms with E-state index in [0.29, 0.717) is 0 Å². The second-order valence-corrected chi connectivity index (χ2v) is 7.18. The number of hydrogen-bond donors (Lipinski definition) is 1. The number of nitrogens with zero attached hydrogens (tertiary/aromatic N) is 1. The van der Waals surface area contributed by atoms with Gasteiger partial charge in [0, 0.05) is 51.7 Å². The van der Waals surface area contributed by atoms with Crippen molar-refractivity contribution in [3.8, 4) is 0 Å². The number of aromatic nitrogens is 1. The molecule has 4 aromatic rings. The van der Waals surface area contributed by atoms with Crippen LogP contribution in [0.25, 0.3) is 21.8 Å². The van der Waals surface area contributed by atoms with Crippen molar-refractivity contribution in [1.82, 2.24) is 4.57 Å². The third-order valence-corrected chi connectivity index (χ3v) is 5.69. The predicted molar refractivity (Wildman–Crippen MR) is 112 cm³/mol. The summed E-state index contributed by atoms with van der Waals surface area (Å²) in [5.74, 6) is 0.116. The van der Waals surface area contributed by atoms with E-state index >= 15 is 0 Å². The Morgan fingerprint density at radius 2 is 1.85 bits per heavy atom. The summed E-state index contributed by atoms with van der Waals surface area (Å²) in [7, 11) is 0. The van der Waals surface area contributed by atoms with E-state index in [1.54, 1.807) is 0 Å². The van der Waals surface area contributed by atoms with Gasteiger partial charge in [0.15, 0.2) is 5.78 Å². The van der Waals surface area contributed by atoms with Gasteiger partial charge in [0.2, 0.25) is 0 Å². The molecule has 3 nitrogen and oxygen atoms in total. The van der Waals surface area contributed by atoms with Crippen LogP contribution in [0, 0.1) is 0 Å². The number of benzene rings is 3. The van der Waals surface area contributed by atoms with E-state index in [2.05, 4.69) is 59.3 Å². The van der Waals surface area contributed by atoms with Gasteiger partial charge < -0.3 is 9.88 Å². The molecular weight excluding hydrogens is 332 g/mol. The maximum atomic E-state index is 13.3. The Bertz CT molecular complexity index is 1190. The number of anilines is 1. The zero-order valence-corrected chi connectivity index (χ0v) is 15.5. The van der Waals surface area contributed by atoms with Gasteiger partial charge in [0.25, 0.3) is 0 Å². The van der Waals surface area contributed by atoms with Gasteiger partial charge in [-0.1, -0.05) is 30.3 Å². The van der Waals surface area contributed by atoms with Crippen LogP contribution in [-0.4, -0.2) is 16.9 Å². The zero-order chi connectivity index (χ0) is 18.4. The molecule has 27 heavy (non-hydrogen) atoms. The van der Waals surface area contributed by atoms with Crippen molar-refractivity contribution in [2.75, 3.05) is 11.9 Å². The molecule has 3 aromatic carbocycles. The molecule has 0 spiro atoms. The lowest BCUT2D eigenvalue weighted by atomic mass is 9.92. The molecule has 0 amide bonds. The second-order valence-electron chi connectivity index (χ2n) is 7.18. The molecule has 0 bridgehead atoms. The number of nitrogens with one attached hydrogen (secondary N) is 1. The maximum absolute atomic E-state index is 13.3. The second kappa shape index (κ2) is 6.27. The number of para-hydroxylation sites is 1. The van der Waals surface area contributed by atoms with Gasteiger partial charge in [-0.25, -0.2) is 0 Å². The number of rotatable bonds is 3. The molecule has 0 saturated heterocycles. The quantitative estimate of drug-likeness (QED) is 0.500. The number of aryl methyl sites for hydroxylation is 1. The van der Waals surface area contributed by atoms with Crippen LogP contribution in [0.2, 0.25) is 0 Å². The van der Waals surface area contributed by atoms with Crippen LogP contribution in [0.3, 0.4) is 0 Å². The van der Waals surface area contributed by atoms with Crippen molar-refractivity contribution in [3.05, 3.63) is 77.4 Å². The van der Waals surface area contributed by atoms with E-state index in [1.807, 2.05) is 18.2 Å². The smallest absolute Gasteiger partial charge is 0.193 e. The third-order valence-electron chi connectivity index (χ3n) is 5.69. The largest absolute Gasteiger partial charge is 0.385 e. The topological polar surface area (TPSA) is 34.0 Å². The first-order chi connectivity index (χ1) is 13.3. The molecule has 0 fully saturated rings. The summed E-state index contributed by atoms with van der Waals surface area (Å²) in [4.78, 5) is 13.3. The molecule has 2 heterocycles. The number of carbonyl (C=O) groups is 1. The average Bonchev–Trinajstić information content (AvgIpc) is 3.05. The first kappa shape index (κ1) is 16.1. The number of carbonyl (C=O) groups excluding carboxylic acids is 1. The van der Waals surface area contributed by atoms with E-state index in [1.165, 1.54) is 16.4 Å². The zero-order valence-electron chi connectivity index (χ0n) is 15.5. The van der Waals surface area contributed by atoms with Crippen LogP contribution in [-0.2, 0) is 13.0 Å². The highest BCUT2D eigenvalue weighted by atomic mass is 16.1. The molecule has 1 aliphatic heterocycles. The highest BCUT2D eigenvalue weighted by Gasteiger charge is 2.19. The fraction of sp³-hybridized carbons (Fsp3) is 0.208. The van der Waals surface area contributed by atoms with Crippen molar-refractivity contribution >= 4 is 33.3 Å². The fourth-order valence-corrected chi connectivity index (χ4v) is 4.41. The van der Waals surface area contributed by atoms with Crippen LogP contribution in [0.5, 0.6) is 0 Å². The minimum Gasteiger partial charge on any atom is -0.385 e. The van der Waals surface area contributed by atoms with Crippen LogP contribution < -0.4 is 5.32 Å². The third kappa shape index (κ3) is 2.46. The molecule has 1 aliphatic rings. The van der Waals surface area contributed by atoms with Gasteiger partial charge in [-0.05, 0) is 55.7 Å².